The Labute approximate surface area is 83.5 Å². The van der Waals surface area contributed by atoms with E-state index in [1.54, 1.807) is 0 Å². The highest BCUT2D eigenvalue weighted by Gasteiger charge is 2.03. The molecule has 1 aromatic carbocycles. The Morgan fingerprint density at radius 1 is 0.917 bits per heavy atom. The average molecular weight is 203 g/mol. The molecule has 0 aliphatic rings. The molecule has 0 radical (unpaired) electrons. The summed E-state index contributed by atoms with van der Waals surface area (Å²) in [5.74, 6) is 1.16. The van der Waals surface area contributed by atoms with E-state index in [0.717, 1.165) is 0 Å². The maximum absolute atomic E-state index is 5.77. The van der Waals surface area contributed by atoms with Gasteiger partial charge in [-0.15, -0.1) is 23.2 Å². The molecule has 0 bridgehead atoms. The Bertz CT molecular complexity index is 250. The summed E-state index contributed by atoms with van der Waals surface area (Å²) in [6, 6.07) is 4.10. The van der Waals surface area contributed by atoms with Crippen LogP contribution in [0.4, 0.5) is 0 Å². The lowest BCUT2D eigenvalue weighted by Crippen LogP contribution is -1.93. The van der Waals surface area contributed by atoms with E-state index in [4.69, 9.17) is 23.2 Å². The fourth-order valence-corrected chi connectivity index (χ4v) is 1.80. The van der Waals surface area contributed by atoms with Crippen LogP contribution in [0.15, 0.2) is 12.1 Å². The summed E-state index contributed by atoms with van der Waals surface area (Å²) >= 11 is 11.5. The molecule has 0 N–H and O–H groups in total. The van der Waals surface area contributed by atoms with E-state index in [1.807, 2.05) is 12.1 Å². The number of alkyl halides is 2. The van der Waals surface area contributed by atoms with Gasteiger partial charge >= 0.3 is 0 Å². The van der Waals surface area contributed by atoms with Crippen LogP contribution >= 0.6 is 23.2 Å². The Balaban J connectivity index is 3.20. The first-order chi connectivity index (χ1) is 5.70. The predicted octanol–water partition coefficient (Wildman–Crippen LogP) is 3.78. The van der Waals surface area contributed by atoms with Crippen molar-refractivity contribution in [3.63, 3.8) is 0 Å². The Morgan fingerprint density at radius 3 is 1.50 bits per heavy atom. The van der Waals surface area contributed by atoms with Gasteiger partial charge in [0.05, 0.1) is 0 Å². The first-order valence-electron chi connectivity index (χ1n) is 3.90. The first-order valence-corrected chi connectivity index (χ1v) is 4.97. The van der Waals surface area contributed by atoms with Gasteiger partial charge in [0, 0.05) is 11.8 Å². The van der Waals surface area contributed by atoms with Crippen molar-refractivity contribution in [2.45, 2.75) is 25.6 Å². The lowest BCUT2D eigenvalue weighted by molar-refractivity contribution is 1.18. The summed E-state index contributed by atoms with van der Waals surface area (Å²) in [7, 11) is 0. The number of rotatable bonds is 2. The van der Waals surface area contributed by atoms with Crippen LogP contribution in [0.5, 0.6) is 0 Å². The molecule has 2 heteroatoms. The van der Waals surface area contributed by atoms with Crippen LogP contribution in [0.1, 0.15) is 22.3 Å². The number of benzene rings is 1. The number of halogens is 2. The van der Waals surface area contributed by atoms with Crippen molar-refractivity contribution in [1.29, 1.82) is 0 Å². The van der Waals surface area contributed by atoms with E-state index in [0.29, 0.717) is 11.8 Å². The molecule has 66 valence electrons. The Kier molecular flexibility index (Phi) is 3.42. The van der Waals surface area contributed by atoms with Crippen molar-refractivity contribution in [3.8, 4) is 0 Å². The van der Waals surface area contributed by atoms with Crippen LogP contribution < -0.4 is 0 Å². The molecule has 0 unspecified atom stereocenters. The highest BCUT2D eigenvalue weighted by Crippen LogP contribution is 2.20. The zero-order valence-electron chi connectivity index (χ0n) is 7.32. The van der Waals surface area contributed by atoms with Gasteiger partial charge in [0.15, 0.2) is 0 Å². The summed E-state index contributed by atoms with van der Waals surface area (Å²) in [6.45, 7) is 4.17. The van der Waals surface area contributed by atoms with E-state index in [9.17, 15) is 0 Å². The topological polar surface area (TPSA) is 0 Å². The standard InChI is InChI=1S/C10H12Cl2/c1-7-8(2)10(6-12)4-3-9(7)5-11/h3-4H,5-6H2,1-2H3. The molecule has 0 saturated carbocycles. The summed E-state index contributed by atoms with van der Waals surface area (Å²) in [5.41, 5.74) is 4.93. The molecule has 0 saturated heterocycles. The fourth-order valence-electron chi connectivity index (χ4n) is 1.22. The molecule has 0 nitrogen and oxygen atoms in total. The molecule has 0 aromatic heterocycles. The van der Waals surface area contributed by atoms with Gasteiger partial charge in [-0.3, -0.25) is 0 Å². The second-order valence-electron chi connectivity index (χ2n) is 2.90. The third kappa shape index (κ3) is 1.75. The molecular weight excluding hydrogens is 191 g/mol. The largest absolute Gasteiger partial charge is 0.122 e. The van der Waals surface area contributed by atoms with Crippen molar-refractivity contribution in [2.24, 2.45) is 0 Å². The van der Waals surface area contributed by atoms with Crippen LogP contribution in [0.2, 0.25) is 0 Å². The summed E-state index contributed by atoms with van der Waals surface area (Å²) in [4.78, 5) is 0. The minimum absolute atomic E-state index is 0.579. The molecule has 0 heterocycles. The van der Waals surface area contributed by atoms with Crippen molar-refractivity contribution in [3.05, 3.63) is 34.4 Å². The Hall–Kier alpha value is -0.200. The van der Waals surface area contributed by atoms with Gasteiger partial charge in [-0.25, -0.2) is 0 Å². The molecule has 0 aliphatic heterocycles. The maximum atomic E-state index is 5.77. The van der Waals surface area contributed by atoms with E-state index in [2.05, 4.69) is 13.8 Å². The van der Waals surface area contributed by atoms with Gasteiger partial charge in [-0.1, -0.05) is 12.1 Å². The van der Waals surface area contributed by atoms with Crippen molar-refractivity contribution in [2.75, 3.05) is 0 Å². The summed E-state index contributed by atoms with van der Waals surface area (Å²) in [5, 5.41) is 0. The first kappa shape index (κ1) is 9.88. The SMILES string of the molecule is Cc1c(CCl)ccc(CCl)c1C. The van der Waals surface area contributed by atoms with Crippen LogP contribution in [0.3, 0.4) is 0 Å². The highest BCUT2D eigenvalue weighted by molar-refractivity contribution is 6.17. The fraction of sp³-hybridized carbons (Fsp3) is 0.400. The summed E-state index contributed by atoms with van der Waals surface area (Å²) < 4.78 is 0. The van der Waals surface area contributed by atoms with E-state index >= 15 is 0 Å². The quantitative estimate of drug-likeness (QED) is 0.641. The van der Waals surface area contributed by atoms with Gasteiger partial charge < -0.3 is 0 Å². The predicted molar refractivity (Wildman–Crippen MR) is 55.0 cm³/mol. The molecule has 12 heavy (non-hydrogen) atoms. The third-order valence-corrected chi connectivity index (χ3v) is 2.88. The minimum atomic E-state index is 0.579. The van der Waals surface area contributed by atoms with Crippen LogP contribution in [-0.2, 0) is 11.8 Å². The van der Waals surface area contributed by atoms with Crippen molar-refractivity contribution in [1.82, 2.24) is 0 Å². The maximum Gasteiger partial charge on any atom is 0.0476 e. The monoisotopic (exact) mass is 202 g/mol. The molecule has 0 fully saturated rings. The van der Waals surface area contributed by atoms with Gasteiger partial charge in [-0.05, 0) is 36.1 Å². The Morgan fingerprint density at radius 2 is 1.25 bits per heavy atom. The van der Waals surface area contributed by atoms with Gasteiger partial charge in [0.2, 0.25) is 0 Å². The van der Waals surface area contributed by atoms with Crippen LogP contribution in [-0.4, -0.2) is 0 Å². The van der Waals surface area contributed by atoms with E-state index in [-0.39, 0.29) is 0 Å². The van der Waals surface area contributed by atoms with Crippen molar-refractivity contribution >= 4 is 23.2 Å². The average Bonchev–Trinajstić information content (AvgIpc) is 2.10. The molecule has 0 spiro atoms. The molecule has 0 amide bonds. The molecule has 1 rings (SSSR count). The van der Waals surface area contributed by atoms with Crippen LogP contribution in [0.25, 0.3) is 0 Å². The smallest absolute Gasteiger partial charge is 0.0476 e. The second kappa shape index (κ2) is 4.15. The van der Waals surface area contributed by atoms with Crippen LogP contribution in [0, 0.1) is 13.8 Å². The molecular formula is C10H12Cl2. The van der Waals surface area contributed by atoms with E-state index in [1.165, 1.54) is 22.3 Å². The molecule has 1 aromatic rings. The molecule has 0 aliphatic carbocycles. The van der Waals surface area contributed by atoms with E-state index < -0.39 is 0 Å². The van der Waals surface area contributed by atoms with Gasteiger partial charge in [0.1, 0.15) is 0 Å². The third-order valence-electron chi connectivity index (χ3n) is 2.30. The number of hydrogen-bond donors (Lipinski definition) is 0. The highest BCUT2D eigenvalue weighted by atomic mass is 35.5. The van der Waals surface area contributed by atoms with Gasteiger partial charge in [-0.2, -0.15) is 0 Å². The lowest BCUT2D eigenvalue weighted by atomic mass is 10.00. The summed E-state index contributed by atoms with van der Waals surface area (Å²) in [6.07, 6.45) is 0. The van der Waals surface area contributed by atoms with Gasteiger partial charge in [0.25, 0.3) is 0 Å². The minimum Gasteiger partial charge on any atom is -0.122 e. The second-order valence-corrected chi connectivity index (χ2v) is 3.44. The molecule has 0 atom stereocenters. The lowest BCUT2D eigenvalue weighted by Gasteiger charge is -2.09. The zero-order valence-corrected chi connectivity index (χ0v) is 8.84. The normalized spacial score (nSPS) is 10.3. The number of hydrogen-bond acceptors (Lipinski definition) is 0. The van der Waals surface area contributed by atoms with Crippen molar-refractivity contribution < 1.29 is 0 Å². The zero-order chi connectivity index (χ0) is 9.14.